The van der Waals surface area contributed by atoms with Crippen molar-refractivity contribution < 1.29 is 13.9 Å². The van der Waals surface area contributed by atoms with Crippen molar-refractivity contribution in [1.82, 2.24) is 4.98 Å². The van der Waals surface area contributed by atoms with E-state index in [2.05, 4.69) is 22.4 Å². The smallest absolute Gasteiger partial charge is 0.226 e. The molecule has 1 amide bonds. The van der Waals surface area contributed by atoms with Gasteiger partial charge in [0.1, 0.15) is 11.5 Å². The van der Waals surface area contributed by atoms with Crippen molar-refractivity contribution in [3.8, 4) is 22.6 Å². The molecule has 2 aromatic carbocycles. The molecule has 5 nitrogen and oxygen atoms in total. The van der Waals surface area contributed by atoms with Crippen LogP contribution in [0.25, 0.3) is 22.6 Å². The number of thiazole rings is 1. The first-order valence-electron chi connectivity index (χ1n) is 10.2. The molecule has 0 aliphatic heterocycles. The summed E-state index contributed by atoms with van der Waals surface area (Å²) in [6.45, 7) is 0.706. The highest BCUT2D eigenvalue weighted by molar-refractivity contribution is 7.14. The van der Waals surface area contributed by atoms with E-state index in [1.165, 1.54) is 16.9 Å². The summed E-state index contributed by atoms with van der Waals surface area (Å²) >= 11 is 1.43. The zero-order chi connectivity index (χ0) is 21.5. The molecule has 0 radical (unpaired) electrons. The Morgan fingerprint density at radius 1 is 1.00 bits per heavy atom. The van der Waals surface area contributed by atoms with Gasteiger partial charge in [-0.05, 0) is 24.1 Å². The van der Waals surface area contributed by atoms with Gasteiger partial charge in [-0.3, -0.25) is 4.79 Å². The van der Waals surface area contributed by atoms with Crippen LogP contribution < -0.4 is 5.32 Å². The van der Waals surface area contributed by atoms with E-state index in [9.17, 15) is 4.79 Å². The molecule has 0 fully saturated rings. The molecule has 0 spiro atoms. The number of ether oxygens (including phenoxy) is 1. The largest absolute Gasteiger partial charge is 0.461 e. The maximum Gasteiger partial charge on any atom is 0.226 e. The molecule has 4 rings (SSSR count). The fraction of sp³-hybridized carbons (Fsp3) is 0.200. The molecule has 2 heterocycles. The molecular weight excluding hydrogens is 408 g/mol. The van der Waals surface area contributed by atoms with Crippen LogP contribution in [0.4, 0.5) is 5.13 Å². The predicted octanol–water partition coefficient (Wildman–Crippen LogP) is 5.83. The van der Waals surface area contributed by atoms with Crippen molar-refractivity contribution in [3.05, 3.63) is 83.4 Å². The Bertz CT molecular complexity index is 1120. The van der Waals surface area contributed by atoms with Gasteiger partial charge in [0.15, 0.2) is 5.13 Å². The minimum absolute atomic E-state index is 0.0755. The summed E-state index contributed by atoms with van der Waals surface area (Å²) in [4.78, 5) is 16.9. The quantitative estimate of drug-likeness (QED) is 0.361. The normalized spacial score (nSPS) is 10.9. The van der Waals surface area contributed by atoms with Crippen LogP contribution in [0.5, 0.6) is 0 Å². The number of carbonyl (C=O) groups excluding carboxylic acids is 1. The van der Waals surface area contributed by atoms with Crippen molar-refractivity contribution in [2.24, 2.45) is 0 Å². The van der Waals surface area contributed by atoms with E-state index in [-0.39, 0.29) is 5.91 Å². The highest BCUT2D eigenvalue weighted by Crippen LogP contribution is 2.26. The molecule has 1 N–H and O–H groups in total. The van der Waals surface area contributed by atoms with Crippen LogP contribution in [0.2, 0.25) is 0 Å². The number of hydrogen-bond donors (Lipinski definition) is 1. The number of aromatic nitrogens is 1. The molecule has 2 aromatic heterocycles. The van der Waals surface area contributed by atoms with E-state index in [1.807, 2.05) is 60.0 Å². The van der Waals surface area contributed by atoms with Crippen LogP contribution in [0.3, 0.4) is 0 Å². The Hall–Kier alpha value is -3.22. The SMILES string of the molecule is COCCc1ccc(-c2csc(NC(=O)CCc3ccc(-c4ccccc4)o3)n2)cc1. The van der Waals surface area contributed by atoms with Crippen molar-refractivity contribution >= 4 is 22.4 Å². The number of nitrogens with one attached hydrogen (secondary N) is 1. The van der Waals surface area contributed by atoms with Gasteiger partial charge < -0.3 is 14.5 Å². The lowest BCUT2D eigenvalue weighted by molar-refractivity contribution is -0.116. The van der Waals surface area contributed by atoms with Crippen molar-refractivity contribution in [2.45, 2.75) is 19.3 Å². The van der Waals surface area contributed by atoms with Crippen LogP contribution in [-0.4, -0.2) is 24.6 Å². The van der Waals surface area contributed by atoms with Gasteiger partial charge in [0.2, 0.25) is 5.91 Å². The van der Waals surface area contributed by atoms with Crippen LogP contribution in [0.1, 0.15) is 17.7 Å². The summed E-state index contributed by atoms with van der Waals surface area (Å²) in [5.41, 5.74) is 4.14. The minimum Gasteiger partial charge on any atom is -0.461 e. The molecule has 0 aliphatic carbocycles. The molecule has 0 bridgehead atoms. The second-order valence-electron chi connectivity index (χ2n) is 7.16. The van der Waals surface area contributed by atoms with E-state index < -0.39 is 0 Å². The summed E-state index contributed by atoms with van der Waals surface area (Å²) in [5, 5.41) is 5.45. The highest BCUT2D eigenvalue weighted by atomic mass is 32.1. The van der Waals surface area contributed by atoms with Crippen molar-refractivity contribution in [1.29, 1.82) is 0 Å². The molecule has 4 aromatic rings. The second-order valence-corrected chi connectivity index (χ2v) is 8.02. The van der Waals surface area contributed by atoms with E-state index in [1.54, 1.807) is 7.11 Å². The van der Waals surface area contributed by atoms with Gasteiger partial charge in [0.25, 0.3) is 0 Å². The zero-order valence-corrected chi connectivity index (χ0v) is 18.2. The predicted molar refractivity (Wildman–Crippen MR) is 124 cm³/mol. The van der Waals surface area contributed by atoms with Crippen LogP contribution in [-0.2, 0) is 22.4 Å². The Kier molecular flexibility index (Phi) is 6.92. The molecule has 31 heavy (non-hydrogen) atoms. The second kappa shape index (κ2) is 10.2. The molecule has 0 unspecified atom stereocenters. The van der Waals surface area contributed by atoms with E-state index >= 15 is 0 Å². The van der Waals surface area contributed by atoms with Gasteiger partial charge >= 0.3 is 0 Å². The molecule has 0 saturated heterocycles. The third-order valence-corrected chi connectivity index (χ3v) is 5.67. The topological polar surface area (TPSA) is 64.4 Å². The number of methoxy groups -OCH3 is 1. The summed E-state index contributed by atoms with van der Waals surface area (Å²) < 4.78 is 11.0. The monoisotopic (exact) mass is 432 g/mol. The van der Waals surface area contributed by atoms with Gasteiger partial charge in [-0.25, -0.2) is 4.98 Å². The number of anilines is 1. The average Bonchev–Trinajstić information content (AvgIpc) is 3.47. The summed E-state index contributed by atoms with van der Waals surface area (Å²) in [7, 11) is 1.70. The van der Waals surface area contributed by atoms with Gasteiger partial charge in [0, 0.05) is 36.5 Å². The van der Waals surface area contributed by atoms with E-state index in [0.29, 0.717) is 24.6 Å². The number of amides is 1. The van der Waals surface area contributed by atoms with Crippen LogP contribution in [0, 0.1) is 0 Å². The summed E-state index contributed by atoms with van der Waals surface area (Å²) in [6, 6.07) is 22.1. The lowest BCUT2D eigenvalue weighted by Gasteiger charge is -2.02. The number of carbonyl (C=O) groups is 1. The highest BCUT2D eigenvalue weighted by Gasteiger charge is 2.11. The zero-order valence-electron chi connectivity index (χ0n) is 17.3. The Morgan fingerprint density at radius 2 is 1.81 bits per heavy atom. The fourth-order valence-electron chi connectivity index (χ4n) is 3.21. The number of furan rings is 1. The number of nitrogens with zero attached hydrogens (tertiary/aromatic N) is 1. The van der Waals surface area contributed by atoms with Gasteiger partial charge in [0.05, 0.1) is 12.3 Å². The molecular formula is C25H24N2O3S. The minimum atomic E-state index is -0.0755. The number of hydrogen-bond acceptors (Lipinski definition) is 5. The number of aryl methyl sites for hydroxylation is 1. The van der Waals surface area contributed by atoms with Gasteiger partial charge in [-0.15, -0.1) is 11.3 Å². The Labute approximate surface area is 185 Å². The summed E-state index contributed by atoms with van der Waals surface area (Å²) in [5.74, 6) is 1.53. The third-order valence-electron chi connectivity index (χ3n) is 4.91. The van der Waals surface area contributed by atoms with Gasteiger partial charge in [-0.1, -0.05) is 54.6 Å². The molecule has 0 saturated carbocycles. The maximum absolute atomic E-state index is 12.4. The van der Waals surface area contributed by atoms with E-state index in [0.717, 1.165) is 34.8 Å². The molecule has 6 heteroatoms. The first-order valence-corrected chi connectivity index (χ1v) is 11.1. The maximum atomic E-state index is 12.4. The Balaban J connectivity index is 1.30. The third kappa shape index (κ3) is 5.69. The van der Waals surface area contributed by atoms with Crippen LogP contribution in [0.15, 0.2) is 76.5 Å². The lowest BCUT2D eigenvalue weighted by Crippen LogP contribution is -2.11. The van der Waals surface area contributed by atoms with Crippen molar-refractivity contribution in [2.75, 3.05) is 19.0 Å². The molecule has 158 valence electrons. The van der Waals surface area contributed by atoms with Gasteiger partial charge in [-0.2, -0.15) is 0 Å². The van der Waals surface area contributed by atoms with Crippen molar-refractivity contribution in [3.63, 3.8) is 0 Å². The average molecular weight is 433 g/mol. The standard InChI is InChI=1S/C25H24N2O3S/c1-29-16-15-18-7-9-19(10-8-18)22-17-31-25(26-22)27-24(28)14-12-21-11-13-23(30-21)20-5-3-2-4-6-20/h2-11,13,17H,12,14-16H2,1H3,(H,26,27,28). The summed E-state index contributed by atoms with van der Waals surface area (Å²) in [6.07, 6.45) is 1.77. The first-order chi connectivity index (χ1) is 15.2. The number of rotatable bonds is 9. The lowest BCUT2D eigenvalue weighted by atomic mass is 10.1. The van der Waals surface area contributed by atoms with E-state index in [4.69, 9.17) is 9.15 Å². The molecule has 0 atom stereocenters. The number of benzene rings is 2. The first kappa shape index (κ1) is 21.0. The molecule has 0 aliphatic rings. The Morgan fingerprint density at radius 3 is 2.58 bits per heavy atom. The van der Waals surface area contributed by atoms with Crippen LogP contribution >= 0.6 is 11.3 Å². The fourth-order valence-corrected chi connectivity index (χ4v) is 3.95.